The number of aryl methyl sites for hydroxylation is 1. The summed E-state index contributed by atoms with van der Waals surface area (Å²) in [6.45, 7) is 0. The maximum absolute atomic E-state index is 10.1. The standard InChI is InChI=1S/C5H6N2O2.Li/c1-7-4(5(8)9)2-3-6-7;/h2-3H,1H3,(H,8,9);/q;+1/p-1. The summed E-state index contributed by atoms with van der Waals surface area (Å²) in [6.07, 6.45) is 1.41. The van der Waals surface area contributed by atoms with Crippen LogP contribution in [0.4, 0.5) is 0 Å². The molecule has 1 aromatic rings. The van der Waals surface area contributed by atoms with Crippen molar-refractivity contribution < 1.29 is 28.8 Å². The zero-order valence-corrected chi connectivity index (χ0v) is 5.87. The summed E-state index contributed by atoms with van der Waals surface area (Å²) in [5.74, 6) is -1.20. The summed E-state index contributed by atoms with van der Waals surface area (Å²) in [5.41, 5.74) is 0.0926. The number of aromatic carboxylic acids is 1. The normalized spacial score (nSPS) is 8.50. The van der Waals surface area contributed by atoms with E-state index in [9.17, 15) is 9.90 Å². The van der Waals surface area contributed by atoms with Crippen molar-refractivity contribution in [3.8, 4) is 0 Å². The Morgan fingerprint density at radius 2 is 2.40 bits per heavy atom. The van der Waals surface area contributed by atoms with Crippen molar-refractivity contribution in [2.24, 2.45) is 7.05 Å². The van der Waals surface area contributed by atoms with Gasteiger partial charge >= 0.3 is 18.9 Å². The molecule has 0 aliphatic carbocycles. The Kier molecular flexibility index (Phi) is 3.20. The average molecular weight is 132 g/mol. The monoisotopic (exact) mass is 132 g/mol. The van der Waals surface area contributed by atoms with Crippen LogP contribution in [-0.2, 0) is 7.05 Å². The second kappa shape index (κ2) is 3.45. The molecule has 5 heteroatoms. The Morgan fingerprint density at radius 1 is 1.80 bits per heavy atom. The van der Waals surface area contributed by atoms with Gasteiger partial charge in [-0.15, -0.1) is 0 Å². The van der Waals surface area contributed by atoms with Crippen LogP contribution >= 0.6 is 0 Å². The minimum atomic E-state index is -1.20. The molecule has 4 nitrogen and oxygen atoms in total. The van der Waals surface area contributed by atoms with E-state index in [1.807, 2.05) is 0 Å². The number of carbonyl (C=O) groups excluding carboxylic acids is 1. The maximum Gasteiger partial charge on any atom is 1.00 e. The molecule has 0 aromatic carbocycles. The van der Waals surface area contributed by atoms with Crippen molar-refractivity contribution in [2.75, 3.05) is 0 Å². The molecular weight excluding hydrogens is 127 g/mol. The topological polar surface area (TPSA) is 58.0 Å². The van der Waals surface area contributed by atoms with Gasteiger partial charge in [-0.1, -0.05) is 0 Å². The van der Waals surface area contributed by atoms with Crippen LogP contribution in [0, 0.1) is 0 Å². The molecule has 0 unspecified atom stereocenters. The van der Waals surface area contributed by atoms with Crippen LogP contribution < -0.4 is 24.0 Å². The van der Waals surface area contributed by atoms with E-state index in [1.54, 1.807) is 7.05 Å². The second-order valence-corrected chi connectivity index (χ2v) is 1.63. The van der Waals surface area contributed by atoms with Crippen molar-refractivity contribution in [1.29, 1.82) is 0 Å². The third kappa shape index (κ3) is 1.63. The van der Waals surface area contributed by atoms with Crippen LogP contribution in [0.3, 0.4) is 0 Å². The number of rotatable bonds is 1. The molecule has 0 amide bonds. The number of carboxylic acid groups (broad SMARTS) is 1. The quantitative estimate of drug-likeness (QED) is 0.364. The van der Waals surface area contributed by atoms with Gasteiger partial charge in [-0.05, 0) is 6.07 Å². The fourth-order valence-corrected chi connectivity index (χ4v) is 0.574. The first-order valence-corrected chi connectivity index (χ1v) is 2.41. The number of hydrogen-bond acceptors (Lipinski definition) is 3. The van der Waals surface area contributed by atoms with Gasteiger partial charge in [-0.25, -0.2) is 0 Å². The molecule has 0 saturated carbocycles. The average Bonchev–Trinajstić information content (AvgIpc) is 2.13. The second-order valence-electron chi connectivity index (χ2n) is 1.63. The molecule has 0 aliphatic heterocycles. The van der Waals surface area contributed by atoms with Crippen molar-refractivity contribution >= 4 is 5.97 Å². The summed E-state index contributed by atoms with van der Waals surface area (Å²) < 4.78 is 1.25. The van der Waals surface area contributed by atoms with Gasteiger partial charge < -0.3 is 9.90 Å². The van der Waals surface area contributed by atoms with Gasteiger partial charge in [0.1, 0.15) is 0 Å². The fraction of sp³-hybridized carbons (Fsp3) is 0.200. The summed E-state index contributed by atoms with van der Waals surface area (Å²) in [4.78, 5) is 10.1. The van der Waals surface area contributed by atoms with Gasteiger partial charge in [0.2, 0.25) is 0 Å². The molecule has 0 N–H and O–H groups in total. The molecule has 1 heterocycles. The minimum absolute atomic E-state index is 0. The van der Waals surface area contributed by atoms with Gasteiger partial charge in [-0.2, -0.15) is 5.10 Å². The Hall–Kier alpha value is -0.723. The predicted octanol–water partition coefficient (Wildman–Crippen LogP) is -4.21. The molecule has 48 valence electrons. The van der Waals surface area contributed by atoms with E-state index in [1.165, 1.54) is 16.9 Å². The zero-order chi connectivity index (χ0) is 6.85. The van der Waals surface area contributed by atoms with E-state index in [2.05, 4.69) is 5.10 Å². The van der Waals surface area contributed by atoms with Crippen molar-refractivity contribution in [1.82, 2.24) is 9.78 Å². The van der Waals surface area contributed by atoms with Crippen LogP contribution in [0.2, 0.25) is 0 Å². The first-order chi connectivity index (χ1) is 4.22. The van der Waals surface area contributed by atoms with Gasteiger partial charge in [-0.3, -0.25) is 4.68 Å². The Morgan fingerprint density at radius 3 is 2.60 bits per heavy atom. The van der Waals surface area contributed by atoms with E-state index in [-0.39, 0.29) is 24.6 Å². The van der Waals surface area contributed by atoms with E-state index in [4.69, 9.17) is 0 Å². The molecule has 10 heavy (non-hydrogen) atoms. The molecule has 0 spiro atoms. The third-order valence-electron chi connectivity index (χ3n) is 1.03. The molecule has 1 aromatic heterocycles. The van der Waals surface area contributed by atoms with E-state index in [0.29, 0.717) is 0 Å². The van der Waals surface area contributed by atoms with Gasteiger partial charge in [0.25, 0.3) is 0 Å². The van der Waals surface area contributed by atoms with Crippen LogP contribution in [0.15, 0.2) is 12.3 Å². The van der Waals surface area contributed by atoms with Crippen LogP contribution in [0.1, 0.15) is 10.5 Å². The SMILES string of the molecule is Cn1nccc1C(=O)[O-].[Li+]. The maximum atomic E-state index is 10.1. The van der Waals surface area contributed by atoms with E-state index in [0.717, 1.165) is 0 Å². The van der Waals surface area contributed by atoms with Crippen LogP contribution in [0.5, 0.6) is 0 Å². The molecule has 0 fully saturated rings. The van der Waals surface area contributed by atoms with E-state index >= 15 is 0 Å². The van der Waals surface area contributed by atoms with Crippen LogP contribution in [0.25, 0.3) is 0 Å². The smallest absolute Gasteiger partial charge is 0.543 e. The zero-order valence-electron chi connectivity index (χ0n) is 5.87. The van der Waals surface area contributed by atoms with E-state index < -0.39 is 5.97 Å². The predicted molar refractivity (Wildman–Crippen MR) is 27.5 cm³/mol. The molecule has 0 atom stereocenters. The number of nitrogens with zero attached hydrogens (tertiary/aromatic N) is 2. The minimum Gasteiger partial charge on any atom is -0.543 e. The van der Waals surface area contributed by atoms with Crippen molar-refractivity contribution in [3.63, 3.8) is 0 Å². The molecule has 1 rings (SSSR count). The van der Waals surface area contributed by atoms with Crippen molar-refractivity contribution in [2.45, 2.75) is 0 Å². The summed E-state index contributed by atoms with van der Waals surface area (Å²) >= 11 is 0. The summed E-state index contributed by atoms with van der Waals surface area (Å²) in [7, 11) is 1.55. The van der Waals surface area contributed by atoms with Crippen LogP contribution in [-0.4, -0.2) is 15.7 Å². The first-order valence-electron chi connectivity index (χ1n) is 2.41. The Bertz CT molecular complexity index is 233. The van der Waals surface area contributed by atoms with Gasteiger partial charge in [0.05, 0.1) is 11.7 Å². The number of hydrogen-bond donors (Lipinski definition) is 0. The first kappa shape index (κ1) is 9.28. The molecule has 0 saturated heterocycles. The number of aromatic nitrogens is 2. The Labute approximate surface area is 70.0 Å². The molecule has 0 radical (unpaired) electrons. The molecule has 0 bridgehead atoms. The summed E-state index contributed by atoms with van der Waals surface area (Å²) in [5, 5.41) is 13.7. The van der Waals surface area contributed by atoms with Crippen molar-refractivity contribution in [3.05, 3.63) is 18.0 Å². The molecule has 0 aliphatic rings. The largest absolute Gasteiger partial charge is 1.00 e. The number of carboxylic acids is 1. The molecular formula is C5H5LiN2O2. The third-order valence-corrected chi connectivity index (χ3v) is 1.03. The fourth-order valence-electron chi connectivity index (χ4n) is 0.574. The summed E-state index contributed by atoms with van der Waals surface area (Å²) in [6, 6.07) is 1.38. The Balaban J connectivity index is 0.000000810. The number of carbonyl (C=O) groups is 1. The van der Waals surface area contributed by atoms with Gasteiger partial charge in [0.15, 0.2) is 0 Å². The van der Waals surface area contributed by atoms with Gasteiger partial charge in [0, 0.05) is 13.2 Å².